The second kappa shape index (κ2) is 5.64. The highest BCUT2D eigenvalue weighted by Gasteiger charge is 2.09. The molecular formula is C13H15N3OS. The van der Waals surface area contributed by atoms with Crippen molar-refractivity contribution in [2.45, 2.75) is 13.0 Å². The van der Waals surface area contributed by atoms with Crippen LogP contribution in [0.3, 0.4) is 0 Å². The molecule has 1 N–H and O–H groups in total. The molecule has 2 aromatic rings. The minimum absolute atomic E-state index is 0.611. The lowest BCUT2D eigenvalue weighted by molar-refractivity contribution is 0.410. The van der Waals surface area contributed by atoms with Gasteiger partial charge in [0, 0.05) is 18.5 Å². The van der Waals surface area contributed by atoms with Gasteiger partial charge in [0.05, 0.1) is 7.11 Å². The maximum atomic E-state index is 5.33. The summed E-state index contributed by atoms with van der Waals surface area (Å²) in [6, 6.07) is 7.89. The molecule has 0 aliphatic heterocycles. The molecule has 0 fully saturated rings. The number of H-pyrrole nitrogens is 1. The topological polar surface area (TPSA) is 42.8 Å². The number of nitrogens with zero attached hydrogens (tertiary/aromatic N) is 2. The van der Waals surface area contributed by atoms with E-state index in [0.717, 1.165) is 17.1 Å². The number of aromatic nitrogens is 3. The van der Waals surface area contributed by atoms with Gasteiger partial charge in [0.2, 0.25) is 0 Å². The van der Waals surface area contributed by atoms with Crippen LogP contribution in [0.25, 0.3) is 0 Å². The Morgan fingerprint density at radius 2 is 2.28 bits per heavy atom. The number of nitrogens with one attached hydrogen (secondary N) is 1. The van der Waals surface area contributed by atoms with E-state index in [1.165, 1.54) is 0 Å². The summed E-state index contributed by atoms with van der Waals surface area (Å²) in [5.41, 5.74) is 1.08. The third-order valence-electron chi connectivity index (χ3n) is 2.69. The summed E-state index contributed by atoms with van der Waals surface area (Å²) in [7, 11) is 1.67. The number of allylic oxidation sites excluding steroid dienone is 1. The minimum Gasteiger partial charge on any atom is -0.496 e. The quantitative estimate of drug-likeness (QED) is 0.664. The van der Waals surface area contributed by atoms with Crippen molar-refractivity contribution in [3.05, 3.63) is 53.1 Å². The Morgan fingerprint density at radius 3 is 3.00 bits per heavy atom. The van der Waals surface area contributed by atoms with Crippen molar-refractivity contribution >= 4 is 12.2 Å². The van der Waals surface area contributed by atoms with Crippen molar-refractivity contribution in [1.82, 2.24) is 14.8 Å². The van der Waals surface area contributed by atoms with E-state index in [9.17, 15) is 0 Å². The molecule has 0 bridgehead atoms. The maximum Gasteiger partial charge on any atom is 0.195 e. The number of para-hydroxylation sites is 1. The van der Waals surface area contributed by atoms with Gasteiger partial charge in [-0.25, -0.2) is 0 Å². The molecule has 1 heterocycles. The Balaban J connectivity index is 2.34. The first-order valence-electron chi connectivity index (χ1n) is 5.63. The van der Waals surface area contributed by atoms with Crippen LogP contribution in [0, 0.1) is 4.77 Å². The van der Waals surface area contributed by atoms with E-state index in [0.29, 0.717) is 17.7 Å². The summed E-state index contributed by atoms with van der Waals surface area (Å²) in [6.07, 6.45) is 2.47. The van der Waals surface area contributed by atoms with E-state index >= 15 is 0 Å². The molecule has 0 unspecified atom stereocenters. The van der Waals surface area contributed by atoms with Gasteiger partial charge in [-0.15, -0.1) is 6.58 Å². The standard InChI is InChI=1S/C13H15N3OS/c1-3-8-16-12(14-15-13(16)18)9-10-6-4-5-7-11(10)17-2/h3-7H,1,8-9H2,2H3,(H,15,18). The van der Waals surface area contributed by atoms with Crippen molar-refractivity contribution in [2.24, 2.45) is 0 Å². The number of hydrogen-bond donors (Lipinski definition) is 1. The third kappa shape index (κ3) is 2.51. The summed E-state index contributed by atoms with van der Waals surface area (Å²) >= 11 is 5.18. The van der Waals surface area contributed by atoms with Gasteiger partial charge in [0.15, 0.2) is 4.77 Å². The van der Waals surface area contributed by atoms with Gasteiger partial charge >= 0.3 is 0 Å². The molecule has 0 spiro atoms. The van der Waals surface area contributed by atoms with E-state index in [-0.39, 0.29) is 0 Å². The molecule has 18 heavy (non-hydrogen) atoms. The zero-order valence-corrected chi connectivity index (χ0v) is 11.0. The molecule has 4 nitrogen and oxygen atoms in total. The van der Waals surface area contributed by atoms with Gasteiger partial charge in [0.25, 0.3) is 0 Å². The number of methoxy groups -OCH3 is 1. The van der Waals surface area contributed by atoms with Crippen LogP contribution >= 0.6 is 12.2 Å². The molecule has 5 heteroatoms. The molecule has 0 amide bonds. The number of hydrogen-bond acceptors (Lipinski definition) is 3. The summed E-state index contributed by atoms with van der Waals surface area (Å²) in [5, 5.41) is 7.05. The van der Waals surface area contributed by atoms with Crippen LogP contribution in [0.4, 0.5) is 0 Å². The maximum absolute atomic E-state index is 5.33. The van der Waals surface area contributed by atoms with Gasteiger partial charge in [-0.2, -0.15) is 5.10 Å². The zero-order valence-electron chi connectivity index (χ0n) is 10.2. The summed E-state index contributed by atoms with van der Waals surface area (Å²) < 4.78 is 7.87. The summed E-state index contributed by atoms with van der Waals surface area (Å²) in [6.45, 7) is 4.38. The Bertz CT molecular complexity index is 600. The molecule has 2 rings (SSSR count). The van der Waals surface area contributed by atoms with E-state index < -0.39 is 0 Å². The molecule has 1 aromatic carbocycles. The number of aromatic amines is 1. The van der Waals surface area contributed by atoms with Crippen LogP contribution in [0.5, 0.6) is 5.75 Å². The van der Waals surface area contributed by atoms with Gasteiger partial charge in [0.1, 0.15) is 11.6 Å². The fraction of sp³-hybridized carbons (Fsp3) is 0.231. The fourth-order valence-electron chi connectivity index (χ4n) is 1.82. The molecule has 0 saturated carbocycles. The van der Waals surface area contributed by atoms with Crippen molar-refractivity contribution < 1.29 is 4.74 Å². The first kappa shape index (κ1) is 12.6. The van der Waals surface area contributed by atoms with Gasteiger partial charge in [-0.1, -0.05) is 24.3 Å². The predicted octanol–water partition coefficient (Wildman–Crippen LogP) is 2.73. The number of ether oxygens (including phenoxy) is 1. The Kier molecular flexibility index (Phi) is 3.94. The average molecular weight is 261 g/mol. The first-order chi connectivity index (χ1) is 8.76. The van der Waals surface area contributed by atoms with Crippen molar-refractivity contribution in [2.75, 3.05) is 7.11 Å². The molecule has 0 aliphatic carbocycles. The van der Waals surface area contributed by atoms with Crippen LogP contribution < -0.4 is 4.74 Å². The zero-order chi connectivity index (χ0) is 13.0. The summed E-state index contributed by atoms with van der Waals surface area (Å²) in [4.78, 5) is 0. The first-order valence-corrected chi connectivity index (χ1v) is 6.04. The molecular weight excluding hydrogens is 246 g/mol. The van der Waals surface area contributed by atoms with Crippen LogP contribution in [-0.2, 0) is 13.0 Å². The Labute approximate surface area is 111 Å². The van der Waals surface area contributed by atoms with Crippen molar-refractivity contribution in [1.29, 1.82) is 0 Å². The molecule has 0 atom stereocenters. The van der Waals surface area contributed by atoms with E-state index in [1.807, 2.05) is 28.8 Å². The van der Waals surface area contributed by atoms with Crippen LogP contribution in [0.2, 0.25) is 0 Å². The highest BCUT2D eigenvalue weighted by Crippen LogP contribution is 2.20. The third-order valence-corrected chi connectivity index (χ3v) is 3.00. The normalized spacial score (nSPS) is 10.3. The second-order valence-electron chi connectivity index (χ2n) is 3.83. The number of benzene rings is 1. The molecule has 1 aromatic heterocycles. The van der Waals surface area contributed by atoms with E-state index in [2.05, 4.69) is 16.8 Å². The lowest BCUT2D eigenvalue weighted by Gasteiger charge is -2.08. The van der Waals surface area contributed by atoms with Crippen molar-refractivity contribution in [3.63, 3.8) is 0 Å². The second-order valence-corrected chi connectivity index (χ2v) is 4.22. The van der Waals surface area contributed by atoms with Crippen LogP contribution in [0.1, 0.15) is 11.4 Å². The average Bonchev–Trinajstić information content (AvgIpc) is 2.73. The lowest BCUT2D eigenvalue weighted by atomic mass is 10.1. The minimum atomic E-state index is 0.611. The largest absolute Gasteiger partial charge is 0.496 e. The smallest absolute Gasteiger partial charge is 0.195 e. The number of rotatable bonds is 5. The van der Waals surface area contributed by atoms with E-state index in [1.54, 1.807) is 13.2 Å². The molecule has 94 valence electrons. The summed E-state index contributed by atoms with van der Waals surface area (Å²) in [5.74, 6) is 1.74. The fourth-order valence-corrected chi connectivity index (χ4v) is 2.05. The highest BCUT2D eigenvalue weighted by molar-refractivity contribution is 7.71. The SMILES string of the molecule is C=CCn1c(Cc2ccccc2OC)n[nH]c1=S. The molecule has 0 saturated heterocycles. The monoisotopic (exact) mass is 261 g/mol. The Hall–Kier alpha value is -1.88. The van der Waals surface area contributed by atoms with Gasteiger partial charge in [-0.05, 0) is 18.3 Å². The lowest BCUT2D eigenvalue weighted by Crippen LogP contribution is -2.04. The Morgan fingerprint density at radius 1 is 1.50 bits per heavy atom. The van der Waals surface area contributed by atoms with E-state index in [4.69, 9.17) is 17.0 Å². The van der Waals surface area contributed by atoms with Crippen LogP contribution in [0.15, 0.2) is 36.9 Å². The molecule has 0 radical (unpaired) electrons. The predicted molar refractivity (Wildman–Crippen MR) is 73.4 cm³/mol. The van der Waals surface area contributed by atoms with Crippen LogP contribution in [-0.4, -0.2) is 21.9 Å². The van der Waals surface area contributed by atoms with Gasteiger partial charge in [-0.3, -0.25) is 9.67 Å². The highest BCUT2D eigenvalue weighted by atomic mass is 32.1. The van der Waals surface area contributed by atoms with Gasteiger partial charge < -0.3 is 4.74 Å². The van der Waals surface area contributed by atoms with Crippen molar-refractivity contribution in [3.8, 4) is 5.75 Å². The molecule has 0 aliphatic rings.